The number of pyridine rings is 1. The first-order chi connectivity index (χ1) is 5.41. The predicted octanol–water partition coefficient (Wildman–Crippen LogP) is -0.334. The second kappa shape index (κ2) is 3.69. The van der Waals surface area contributed by atoms with Crippen LogP contribution in [0.25, 0.3) is 0 Å². The van der Waals surface area contributed by atoms with Gasteiger partial charge in [0.25, 0.3) is 0 Å². The molecule has 1 aromatic heterocycles. The Bertz CT molecular complexity index is 448. The van der Waals surface area contributed by atoms with Crippen molar-refractivity contribution >= 4 is 10.1 Å². The molecule has 0 fully saturated rings. The third-order valence-electron chi connectivity index (χ3n) is 1.35. The van der Waals surface area contributed by atoms with E-state index in [1.54, 1.807) is 0 Å². The number of nitrogens with zero attached hydrogens (tertiary/aromatic N) is 1. The summed E-state index contributed by atoms with van der Waals surface area (Å²) in [4.78, 5) is 10.4. The zero-order valence-electron chi connectivity index (χ0n) is 7.22. The lowest BCUT2D eigenvalue weighted by molar-refractivity contribution is 0.462. The average Bonchev–Trinajstić information content (AvgIpc) is 1.92. The first kappa shape index (κ1) is 11.8. The molecule has 0 bridgehead atoms. The maximum absolute atomic E-state index is 10.8. The molecule has 7 heteroatoms. The fourth-order valence-corrected chi connectivity index (χ4v) is 1.24. The fourth-order valence-electron chi connectivity index (χ4n) is 0.716. The van der Waals surface area contributed by atoms with Crippen LogP contribution in [-0.4, -0.2) is 17.5 Å². The highest BCUT2D eigenvalue weighted by atomic mass is 32.2. The molecule has 0 saturated carbocycles. The van der Waals surface area contributed by atoms with Crippen molar-refractivity contribution in [2.24, 2.45) is 7.05 Å². The number of quaternary nitrogens is 1. The third kappa shape index (κ3) is 2.65. The van der Waals surface area contributed by atoms with Gasteiger partial charge < -0.3 is 15.3 Å². The Labute approximate surface area is 75.2 Å². The molecule has 4 N–H and O–H groups in total. The molecule has 0 amide bonds. The van der Waals surface area contributed by atoms with Crippen LogP contribution in [0.1, 0.15) is 0 Å². The lowest BCUT2D eigenvalue weighted by Gasteiger charge is -2.06. The van der Waals surface area contributed by atoms with Gasteiger partial charge in [0, 0.05) is 19.3 Å². The summed E-state index contributed by atoms with van der Waals surface area (Å²) in [6, 6.07) is 2.02. The first-order valence-electron chi connectivity index (χ1n) is 3.04. The minimum atomic E-state index is -4.45. The molecule has 0 atom stereocenters. The standard InChI is InChI=1S/C6H7NO4S.H3N/c1-7-4-5(12(9,10)11)2-3-6(7)8;/h2-4H,1H3,(H,9,10,11);1H3. The highest BCUT2D eigenvalue weighted by molar-refractivity contribution is 7.85. The minimum absolute atomic E-state index is 0. The van der Waals surface area contributed by atoms with E-state index < -0.39 is 15.0 Å². The number of rotatable bonds is 1. The van der Waals surface area contributed by atoms with Crippen LogP contribution >= 0.6 is 0 Å². The quantitative estimate of drug-likeness (QED) is 0.633. The molecule has 1 rings (SSSR count). The summed E-state index contributed by atoms with van der Waals surface area (Å²) >= 11 is 0. The summed E-state index contributed by atoms with van der Waals surface area (Å²) in [7, 11) is -3.08. The summed E-state index contributed by atoms with van der Waals surface area (Å²) in [5, 5.41) is 0. The maximum atomic E-state index is 10.8. The van der Waals surface area contributed by atoms with Crippen LogP contribution in [0.5, 0.6) is 0 Å². The molecule has 0 spiro atoms. The Morgan fingerprint density at radius 2 is 1.92 bits per heavy atom. The van der Waals surface area contributed by atoms with Gasteiger partial charge in [0.05, 0.1) is 4.90 Å². The molecule has 0 unspecified atom stereocenters. The fraction of sp³-hybridized carbons (Fsp3) is 0.167. The Kier molecular flexibility index (Phi) is 3.35. The summed E-state index contributed by atoms with van der Waals surface area (Å²) in [6.45, 7) is 0. The van der Waals surface area contributed by atoms with E-state index in [-0.39, 0.29) is 11.7 Å². The number of aryl methyl sites for hydroxylation is 1. The van der Waals surface area contributed by atoms with Gasteiger partial charge in [0.1, 0.15) is 10.1 Å². The van der Waals surface area contributed by atoms with Gasteiger partial charge in [-0.25, -0.2) is 8.42 Å². The Morgan fingerprint density at radius 1 is 1.38 bits per heavy atom. The van der Waals surface area contributed by atoms with Crippen molar-refractivity contribution in [1.29, 1.82) is 0 Å². The molecular formula is C6H10N2O4S. The number of aromatic nitrogens is 1. The largest absolute Gasteiger partial charge is 0.744 e. The maximum Gasteiger partial charge on any atom is 0.250 e. The van der Waals surface area contributed by atoms with Crippen LogP contribution in [0.15, 0.2) is 28.0 Å². The second-order valence-corrected chi connectivity index (χ2v) is 3.65. The molecule has 0 radical (unpaired) electrons. The van der Waals surface area contributed by atoms with Gasteiger partial charge in [0.2, 0.25) is 5.56 Å². The highest BCUT2D eigenvalue weighted by Gasteiger charge is 2.00. The van der Waals surface area contributed by atoms with E-state index >= 15 is 0 Å². The van der Waals surface area contributed by atoms with Crippen LogP contribution in [-0.2, 0) is 17.2 Å². The van der Waals surface area contributed by atoms with Crippen molar-refractivity contribution in [3.63, 3.8) is 0 Å². The molecule has 74 valence electrons. The molecule has 0 saturated heterocycles. The average molecular weight is 206 g/mol. The molecule has 6 nitrogen and oxygen atoms in total. The number of hydrogen-bond acceptors (Lipinski definition) is 4. The molecule has 13 heavy (non-hydrogen) atoms. The molecule has 0 aliphatic carbocycles. The zero-order chi connectivity index (χ0) is 9.35. The SMILES string of the molecule is Cn1cc(S(=O)(=O)[O-])ccc1=O.[NH4+]. The van der Waals surface area contributed by atoms with E-state index in [0.29, 0.717) is 0 Å². The summed E-state index contributed by atoms with van der Waals surface area (Å²) in [5.74, 6) is 0. The van der Waals surface area contributed by atoms with Crippen LogP contribution < -0.4 is 11.7 Å². The van der Waals surface area contributed by atoms with E-state index in [1.807, 2.05) is 0 Å². The lowest BCUT2D eigenvalue weighted by atomic mass is 10.5. The highest BCUT2D eigenvalue weighted by Crippen LogP contribution is 2.02. The van der Waals surface area contributed by atoms with E-state index in [4.69, 9.17) is 0 Å². The van der Waals surface area contributed by atoms with Crippen molar-refractivity contribution in [1.82, 2.24) is 10.7 Å². The monoisotopic (exact) mass is 206 g/mol. The van der Waals surface area contributed by atoms with Gasteiger partial charge in [-0.15, -0.1) is 0 Å². The van der Waals surface area contributed by atoms with E-state index in [0.717, 1.165) is 22.9 Å². The summed E-state index contributed by atoms with van der Waals surface area (Å²) < 4.78 is 32.3. The molecule has 0 aromatic carbocycles. The molecular weight excluding hydrogens is 196 g/mol. The second-order valence-electron chi connectivity index (χ2n) is 2.27. The molecule has 1 aromatic rings. The van der Waals surface area contributed by atoms with Crippen LogP contribution in [0, 0.1) is 0 Å². The van der Waals surface area contributed by atoms with Gasteiger partial charge >= 0.3 is 0 Å². The van der Waals surface area contributed by atoms with Gasteiger partial charge in [-0.1, -0.05) is 0 Å². The van der Waals surface area contributed by atoms with E-state index in [9.17, 15) is 17.8 Å². The van der Waals surface area contributed by atoms with Crippen molar-refractivity contribution < 1.29 is 13.0 Å². The van der Waals surface area contributed by atoms with E-state index in [1.165, 1.54) is 7.05 Å². The molecule has 1 heterocycles. The first-order valence-corrected chi connectivity index (χ1v) is 4.44. The third-order valence-corrected chi connectivity index (χ3v) is 2.17. The Morgan fingerprint density at radius 3 is 2.31 bits per heavy atom. The normalized spacial score (nSPS) is 10.6. The van der Waals surface area contributed by atoms with Crippen molar-refractivity contribution in [3.8, 4) is 0 Å². The molecule has 0 aliphatic rings. The summed E-state index contributed by atoms with van der Waals surface area (Å²) in [6.07, 6.45) is 0.991. The van der Waals surface area contributed by atoms with Crippen molar-refractivity contribution in [2.45, 2.75) is 4.90 Å². The zero-order valence-corrected chi connectivity index (χ0v) is 8.04. The van der Waals surface area contributed by atoms with E-state index in [2.05, 4.69) is 0 Å². The van der Waals surface area contributed by atoms with Gasteiger partial charge in [-0.3, -0.25) is 4.79 Å². The summed E-state index contributed by atoms with van der Waals surface area (Å²) in [5.41, 5.74) is -0.359. The van der Waals surface area contributed by atoms with Crippen molar-refractivity contribution in [2.75, 3.05) is 0 Å². The van der Waals surface area contributed by atoms with Crippen molar-refractivity contribution in [3.05, 3.63) is 28.7 Å². The van der Waals surface area contributed by atoms with Crippen LogP contribution in [0.4, 0.5) is 0 Å². The topological polar surface area (TPSA) is 116 Å². The number of hydrogen-bond donors (Lipinski definition) is 1. The Hall–Kier alpha value is -1.18. The van der Waals surface area contributed by atoms with Crippen LogP contribution in [0.3, 0.4) is 0 Å². The minimum Gasteiger partial charge on any atom is -0.744 e. The predicted molar refractivity (Wildman–Crippen MR) is 45.6 cm³/mol. The smallest absolute Gasteiger partial charge is 0.250 e. The lowest BCUT2D eigenvalue weighted by Crippen LogP contribution is -2.16. The van der Waals surface area contributed by atoms with Crippen LogP contribution in [0.2, 0.25) is 0 Å². The van der Waals surface area contributed by atoms with Gasteiger partial charge in [0.15, 0.2) is 0 Å². The van der Waals surface area contributed by atoms with Gasteiger partial charge in [-0.05, 0) is 6.07 Å². The molecule has 0 aliphatic heterocycles. The van der Waals surface area contributed by atoms with Gasteiger partial charge in [-0.2, -0.15) is 0 Å². The Balaban J connectivity index is 0.00000144.